The Morgan fingerprint density at radius 3 is 2.47 bits per heavy atom. The molecule has 0 aliphatic carbocycles. The van der Waals surface area contributed by atoms with E-state index in [9.17, 15) is 9.59 Å². The maximum Gasteiger partial charge on any atom is 0.408 e. The SMILES string of the molecule is CC(NC(=O)OC(C)(C)C)C(=O)N1CCCCC1C. The molecule has 1 fully saturated rings. The molecule has 1 saturated heterocycles. The van der Waals surface area contributed by atoms with E-state index in [0.29, 0.717) is 0 Å². The molecule has 5 heteroatoms. The molecular formula is C14H26N2O3. The molecule has 0 bridgehead atoms. The molecule has 1 aliphatic heterocycles. The van der Waals surface area contributed by atoms with Gasteiger partial charge in [-0.25, -0.2) is 4.79 Å². The standard InChI is InChI=1S/C14H26N2O3/c1-10-8-6-7-9-16(10)12(17)11(2)15-13(18)19-14(3,4)5/h10-11H,6-9H2,1-5H3,(H,15,18). The monoisotopic (exact) mass is 270 g/mol. The van der Waals surface area contributed by atoms with Gasteiger partial charge in [0.1, 0.15) is 11.6 Å². The molecule has 2 unspecified atom stereocenters. The number of nitrogens with zero attached hydrogens (tertiary/aromatic N) is 1. The van der Waals surface area contributed by atoms with Crippen LogP contribution in [-0.4, -0.2) is 41.1 Å². The average Bonchev–Trinajstić information content (AvgIpc) is 2.26. The second-order valence-electron chi connectivity index (χ2n) is 6.24. The van der Waals surface area contributed by atoms with Crippen molar-refractivity contribution in [3.05, 3.63) is 0 Å². The number of carbonyl (C=O) groups excluding carboxylic acids is 2. The number of hydrogen-bond donors (Lipinski definition) is 1. The van der Waals surface area contributed by atoms with Gasteiger partial charge in [-0.05, 0) is 53.9 Å². The smallest absolute Gasteiger partial charge is 0.408 e. The second kappa shape index (κ2) is 6.26. The minimum atomic E-state index is -0.550. The van der Waals surface area contributed by atoms with Crippen LogP contribution >= 0.6 is 0 Å². The number of carbonyl (C=O) groups is 2. The van der Waals surface area contributed by atoms with E-state index < -0.39 is 17.7 Å². The predicted molar refractivity (Wildman–Crippen MR) is 73.9 cm³/mol. The largest absolute Gasteiger partial charge is 0.444 e. The van der Waals surface area contributed by atoms with Gasteiger partial charge >= 0.3 is 6.09 Å². The number of rotatable bonds is 2. The number of nitrogens with one attached hydrogen (secondary N) is 1. The molecule has 1 aliphatic rings. The molecule has 0 saturated carbocycles. The van der Waals surface area contributed by atoms with Gasteiger partial charge in [-0.3, -0.25) is 4.79 Å². The molecule has 1 heterocycles. The van der Waals surface area contributed by atoms with E-state index in [-0.39, 0.29) is 11.9 Å². The van der Waals surface area contributed by atoms with E-state index in [1.807, 2.05) is 4.90 Å². The first-order valence-corrected chi connectivity index (χ1v) is 7.00. The van der Waals surface area contributed by atoms with Gasteiger partial charge in [0.05, 0.1) is 0 Å². The van der Waals surface area contributed by atoms with Crippen LogP contribution in [0.3, 0.4) is 0 Å². The van der Waals surface area contributed by atoms with Gasteiger partial charge in [0.25, 0.3) is 0 Å². The molecule has 110 valence electrons. The number of hydrogen-bond acceptors (Lipinski definition) is 3. The first-order chi connectivity index (χ1) is 8.70. The van der Waals surface area contributed by atoms with Crippen LogP contribution in [0.4, 0.5) is 4.79 Å². The van der Waals surface area contributed by atoms with E-state index in [1.165, 1.54) is 6.42 Å². The van der Waals surface area contributed by atoms with E-state index in [1.54, 1.807) is 27.7 Å². The third-order valence-electron chi connectivity index (χ3n) is 3.19. The van der Waals surface area contributed by atoms with Crippen LogP contribution < -0.4 is 5.32 Å². The molecule has 5 nitrogen and oxygen atoms in total. The molecule has 0 radical (unpaired) electrons. The van der Waals surface area contributed by atoms with Crippen LogP contribution in [0.1, 0.15) is 53.9 Å². The Hall–Kier alpha value is -1.26. The maximum atomic E-state index is 12.3. The number of ether oxygens (including phenoxy) is 1. The zero-order valence-electron chi connectivity index (χ0n) is 12.7. The highest BCUT2D eigenvalue weighted by molar-refractivity contribution is 5.85. The van der Waals surface area contributed by atoms with Crippen molar-refractivity contribution in [1.82, 2.24) is 10.2 Å². The summed E-state index contributed by atoms with van der Waals surface area (Å²) in [6.07, 6.45) is 2.69. The average molecular weight is 270 g/mol. The fourth-order valence-electron chi connectivity index (χ4n) is 2.22. The first-order valence-electron chi connectivity index (χ1n) is 7.00. The van der Waals surface area contributed by atoms with Crippen LogP contribution in [0.15, 0.2) is 0 Å². The summed E-state index contributed by atoms with van der Waals surface area (Å²) in [5.41, 5.74) is -0.550. The lowest BCUT2D eigenvalue weighted by atomic mass is 10.0. The van der Waals surface area contributed by atoms with Gasteiger partial charge in [0, 0.05) is 12.6 Å². The molecule has 0 aromatic carbocycles. The van der Waals surface area contributed by atoms with Crippen molar-refractivity contribution in [2.75, 3.05) is 6.54 Å². The lowest BCUT2D eigenvalue weighted by Gasteiger charge is -2.35. The molecule has 2 amide bonds. The van der Waals surface area contributed by atoms with E-state index in [4.69, 9.17) is 4.74 Å². The summed E-state index contributed by atoms with van der Waals surface area (Å²) in [4.78, 5) is 25.8. The third-order valence-corrected chi connectivity index (χ3v) is 3.19. The molecule has 2 atom stereocenters. The summed E-state index contributed by atoms with van der Waals surface area (Å²) in [6, 6.07) is -0.292. The molecular weight excluding hydrogens is 244 g/mol. The number of likely N-dealkylation sites (tertiary alicyclic amines) is 1. The molecule has 0 aromatic heterocycles. The van der Waals surface area contributed by atoms with Crippen molar-refractivity contribution >= 4 is 12.0 Å². The highest BCUT2D eigenvalue weighted by Crippen LogP contribution is 2.17. The third kappa shape index (κ3) is 5.09. The van der Waals surface area contributed by atoms with Gasteiger partial charge in [0.2, 0.25) is 5.91 Å². The van der Waals surface area contributed by atoms with E-state index >= 15 is 0 Å². The highest BCUT2D eigenvalue weighted by atomic mass is 16.6. The van der Waals surface area contributed by atoms with Crippen molar-refractivity contribution in [2.24, 2.45) is 0 Å². The number of piperidine rings is 1. The van der Waals surface area contributed by atoms with Crippen molar-refractivity contribution in [2.45, 2.75) is 71.6 Å². The number of amides is 2. The first kappa shape index (κ1) is 15.8. The Balaban J connectivity index is 2.50. The summed E-state index contributed by atoms with van der Waals surface area (Å²) in [5.74, 6) is -0.0296. The molecule has 1 N–H and O–H groups in total. The van der Waals surface area contributed by atoms with Crippen LogP contribution in [0.5, 0.6) is 0 Å². The zero-order valence-corrected chi connectivity index (χ0v) is 12.7. The zero-order chi connectivity index (χ0) is 14.6. The summed E-state index contributed by atoms with van der Waals surface area (Å²) >= 11 is 0. The fraction of sp³-hybridized carbons (Fsp3) is 0.857. The summed E-state index contributed by atoms with van der Waals surface area (Å²) in [7, 11) is 0. The minimum Gasteiger partial charge on any atom is -0.444 e. The van der Waals surface area contributed by atoms with Crippen LogP contribution in [0.2, 0.25) is 0 Å². The van der Waals surface area contributed by atoms with Crippen LogP contribution in [-0.2, 0) is 9.53 Å². The normalized spacial score (nSPS) is 21.7. The Kier molecular flexibility index (Phi) is 5.20. The minimum absolute atomic E-state index is 0.0296. The Bertz CT molecular complexity index is 336. The molecule has 19 heavy (non-hydrogen) atoms. The molecule has 0 aromatic rings. The van der Waals surface area contributed by atoms with Crippen molar-refractivity contribution in [1.29, 1.82) is 0 Å². The van der Waals surface area contributed by atoms with Crippen molar-refractivity contribution in [3.63, 3.8) is 0 Å². The van der Waals surface area contributed by atoms with Gasteiger partial charge < -0.3 is 15.0 Å². The molecule has 0 spiro atoms. The van der Waals surface area contributed by atoms with E-state index in [2.05, 4.69) is 12.2 Å². The Labute approximate surface area is 115 Å². The van der Waals surface area contributed by atoms with Gasteiger partial charge in [-0.15, -0.1) is 0 Å². The van der Waals surface area contributed by atoms with Crippen molar-refractivity contribution in [3.8, 4) is 0 Å². The fourth-order valence-corrected chi connectivity index (χ4v) is 2.22. The van der Waals surface area contributed by atoms with Gasteiger partial charge in [-0.2, -0.15) is 0 Å². The number of alkyl carbamates (subject to hydrolysis) is 1. The predicted octanol–water partition coefficient (Wildman–Crippen LogP) is 2.30. The second-order valence-corrected chi connectivity index (χ2v) is 6.24. The highest BCUT2D eigenvalue weighted by Gasteiger charge is 2.28. The Morgan fingerprint density at radius 1 is 1.32 bits per heavy atom. The lowest BCUT2D eigenvalue weighted by Crippen LogP contribution is -2.52. The topological polar surface area (TPSA) is 58.6 Å². The summed E-state index contributed by atoms with van der Waals surface area (Å²) in [6.45, 7) is 9.93. The quantitative estimate of drug-likeness (QED) is 0.837. The Morgan fingerprint density at radius 2 is 1.95 bits per heavy atom. The lowest BCUT2D eigenvalue weighted by molar-refractivity contribution is -0.136. The summed E-state index contributed by atoms with van der Waals surface area (Å²) < 4.78 is 5.15. The van der Waals surface area contributed by atoms with Gasteiger partial charge in [0.15, 0.2) is 0 Å². The van der Waals surface area contributed by atoms with Crippen LogP contribution in [0.25, 0.3) is 0 Å². The van der Waals surface area contributed by atoms with Crippen LogP contribution in [0, 0.1) is 0 Å². The molecule has 1 rings (SSSR count). The van der Waals surface area contributed by atoms with E-state index in [0.717, 1.165) is 19.4 Å². The van der Waals surface area contributed by atoms with Crippen molar-refractivity contribution < 1.29 is 14.3 Å². The van der Waals surface area contributed by atoms with Gasteiger partial charge in [-0.1, -0.05) is 0 Å². The summed E-state index contributed by atoms with van der Waals surface area (Å²) in [5, 5.41) is 2.60. The maximum absolute atomic E-state index is 12.3.